The van der Waals surface area contributed by atoms with E-state index >= 15 is 0 Å². The van der Waals surface area contributed by atoms with Gasteiger partial charge in [-0.1, -0.05) is 12.8 Å². The maximum absolute atomic E-state index is 5.74. The number of hydrogen-bond donors (Lipinski definition) is 1. The molecule has 0 aromatic carbocycles. The molecule has 2 rings (SSSR count). The molecular weight excluding hydrogens is 186 g/mol. The number of anilines is 1. The maximum atomic E-state index is 5.74. The van der Waals surface area contributed by atoms with E-state index in [-0.39, 0.29) is 0 Å². The molecule has 15 heavy (non-hydrogen) atoms. The van der Waals surface area contributed by atoms with Crippen LogP contribution in [0.15, 0.2) is 18.3 Å². The lowest BCUT2D eigenvalue weighted by Crippen LogP contribution is -2.24. The van der Waals surface area contributed by atoms with Crippen molar-refractivity contribution in [2.24, 2.45) is 0 Å². The summed E-state index contributed by atoms with van der Waals surface area (Å²) in [6.45, 7) is 3.36. The highest BCUT2D eigenvalue weighted by Gasteiger charge is 2.09. The predicted molar refractivity (Wildman–Crippen MR) is 62.4 cm³/mol. The summed E-state index contributed by atoms with van der Waals surface area (Å²) >= 11 is 0. The van der Waals surface area contributed by atoms with E-state index in [9.17, 15) is 0 Å². The molecule has 1 aromatic heterocycles. The Labute approximate surface area is 91.3 Å². The molecule has 0 unspecified atom stereocenters. The van der Waals surface area contributed by atoms with Gasteiger partial charge in [0, 0.05) is 18.4 Å². The molecule has 0 radical (unpaired) electrons. The zero-order valence-corrected chi connectivity index (χ0v) is 9.15. The second kappa shape index (κ2) is 5.12. The molecule has 1 aliphatic rings. The number of rotatable bonds is 2. The molecule has 0 bridgehead atoms. The van der Waals surface area contributed by atoms with Crippen molar-refractivity contribution in [3.63, 3.8) is 0 Å². The van der Waals surface area contributed by atoms with Crippen molar-refractivity contribution in [2.75, 3.05) is 18.8 Å². The van der Waals surface area contributed by atoms with Crippen molar-refractivity contribution in [1.29, 1.82) is 0 Å². The average Bonchev–Trinajstić information content (AvgIpc) is 2.46. The second-order valence-corrected chi connectivity index (χ2v) is 4.27. The quantitative estimate of drug-likeness (QED) is 0.803. The van der Waals surface area contributed by atoms with E-state index in [1.165, 1.54) is 38.8 Å². The highest BCUT2D eigenvalue weighted by molar-refractivity contribution is 5.37. The number of likely N-dealkylation sites (tertiary alicyclic amines) is 1. The lowest BCUT2D eigenvalue weighted by molar-refractivity contribution is 0.274. The van der Waals surface area contributed by atoms with Gasteiger partial charge in [-0.2, -0.15) is 0 Å². The standard InChI is InChI=1S/C12H19N3/c13-11-5-6-14-12(9-11)10-15-7-3-1-2-4-8-15/h5-6,9H,1-4,7-8,10H2,(H2,13,14). The van der Waals surface area contributed by atoms with Crippen molar-refractivity contribution in [2.45, 2.75) is 32.2 Å². The zero-order valence-electron chi connectivity index (χ0n) is 9.15. The molecule has 1 aromatic rings. The third kappa shape index (κ3) is 3.20. The average molecular weight is 205 g/mol. The summed E-state index contributed by atoms with van der Waals surface area (Å²) in [5, 5.41) is 0. The van der Waals surface area contributed by atoms with Crippen LogP contribution in [0.5, 0.6) is 0 Å². The van der Waals surface area contributed by atoms with Gasteiger partial charge in [0.1, 0.15) is 0 Å². The Morgan fingerprint density at radius 3 is 2.60 bits per heavy atom. The third-order valence-electron chi connectivity index (χ3n) is 2.92. The summed E-state index contributed by atoms with van der Waals surface area (Å²) in [5.74, 6) is 0. The van der Waals surface area contributed by atoms with E-state index < -0.39 is 0 Å². The summed E-state index contributed by atoms with van der Waals surface area (Å²) in [7, 11) is 0. The van der Waals surface area contributed by atoms with Gasteiger partial charge in [-0.15, -0.1) is 0 Å². The number of nitrogens with zero attached hydrogens (tertiary/aromatic N) is 2. The van der Waals surface area contributed by atoms with Crippen LogP contribution in [-0.2, 0) is 6.54 Å². The van der Waals surface area contributed by atoms with Crippen molar-refractivity contribution >= 4 is 5.69 Å². The van der Waals surface area contributed by atoms with Crippen LogP contribution < -0.4 is 5.73 Å². The summed E-state index contributed by atoms with van der Waals surface area (Å²) in [6, 6.07) is 3.82. The Bertz CT molecular complexity index is 303. The third-order valence-corrected chi connectivity index (χ3v) is 2.92. The Morgan fingerprint density at radius 1 is 1.20 bits per heavy atom. The van der Waals surface area contributed by atoms with E-state index in [2.05, 4.69) is 9.88 Å². The van der Waals surface area contributed by atoms with Gasteiger partial charge in [-0.05, 0) is 38.1 Å². The SMILES string of the molecule is Nc1ccnc(CN2CCCCCC2)c1. The Hall–Kier alpha value is -1.09. The number of nitrogens with two attached hydrogens (primary N) is 1. The molecule has 2 N–H and O–H groups in total. The summed E-state index contributed by atoms with van der Waals surface area (Å²) in [6.07, 6.45) is 7.19. The molecule has 82 valence electrons. The molecule has 2 heterocycles. The molecule has 1 aliphatic heterocycles. The molecule has 0 amide bonds. The minimum Gasteiger partial charge on any atom is -0.399 e. The molecule has 0 spiro atoms. The van der Waals surface area contributed by atoms with E-state index in [1.807, 2.05) is 12.1 Å². The van der Waals surface area contributed by atoms with Crippen molar-refractivity contribution in [1.82, 2.24) is 9.88 Å². The normalized spacial score (nSPS) is 18.7. The molecule has 0 aliphatic carbocycles. The number of pyridine rings is 1. The highest BCUT2D eigenvalue weighted by atomic mass is 15.1. The number of nitrogen functional groups attached to an aromatic ring is 1. The van der Waals surface area contributed by atoms with Gasteiger partial charge in [-0.3, -0.25) is 9.88 Å². The van der Waals surface area contributed by atoms with Crippen LogP contribution in [0.25, 0.3) is 0 Å². The van der Waals surface area contributed by atoms with Crippen LogP contribution in [0.1, 0.15) is 31.4 Å². The predicted octanol–water partition coefficient (Wildman–Crippen LogP) is 2.04. The van der Waals surface area contributed by atoms with Gasteiger partial charge in [0.05, 0.1) is 5.69 Å². The lowest BCUT2D eigenvalue weighted by Gasteiger charge is -2.19. The first-order chi connectivity index (χ1) is 7.34. The van der Waals surface area contributed by atoms with Crippen molar-refractivity contribution in [3.05, 3.63) is 24.0 Å². The van der Waals surface area contributed by atoms with Crippen molar-refractivity contribution < 1.29 is 0 Å². The van der Waals surface area contributed by atoms with Gasteiger partial charge in [0.2, 0.25) is 0 Å². The van der Waals surface area contributed by atoms with Crippen molar-refractivity contribution in [3.8, 4) is 0 Å². The molecule has 1 saturated heterocycles. The van der Waals surface area contributed by atoms with E-state index in [0.29, 0.717) is 0 Å². The monoisotopic (exact) mass is 205 g/mol. The van der Waals surface area contributed by atoms with Gasteiger partial charge < -0.3 is 5.73 Å². The summed E-state index contributed by atoms with van der Waals surface area (Å²) in [5.41, 5.74) is 7.65. The Morgan fingerprint density at radius 2 is 1.93 bits per heavy atom. The fourth-order valence-corrected chi connectivity index (χ4v) is 2.11. The van der Waals surface area contributed by atoms with Gasteiger partial charge in [0.15, 0.2) is 0 Å². The molecule has 0 saturated carbocycles. The van der Waals surface area contributed by atoms with Crippen LogP contribution in [-0.4, -0.2) is 23.0 Å². The fraction of sp³-hybridized carbons (Fsp3) is 0.583. The van der Waals surface area contributed by atoms with Crippen LogP contribution in [0, 0.1) is 0 Å². The van der Waals surface area contributed by atoms with E-state index in [1.54, 1.807) is 6.20 Å². The lowest BCUT2D eigenvalue weighted by atomic mass is 10.2. The van der Waals surface area contributed by atoms with Crippen LogP contribution in [0.4, 0.5) is 5.69 Å². The molecule has 0 atom stereocenters. The van der Waals surface area contributed by atoms with Crippen LogP contribution >= 0.6 is 0 Å². The molecule has 3 heteroatoms. The Kier molecular flexibility index (Phi) is 3.56. The summed E-state index contributed by atoms with van der Waals surface area (Å²) < 4.78 is 0. The minimum atomic E-state index is 0.815. The van der Waals surface area contributed by atoms with Gasteiger partial charge in [0.25, 0.3) is 0 Å². The zero-order chi connectivity index (χ0) is 10.5. The topological polar surface area (TPSA) is 42.1 Å². The van der Waals surface area contributed by atoms with Crippen LogP contribution in [0.2, 0.25) is 0 Å². The first-order valence-corrected chi connectivity index (χ1v) is 5.77. The molecule has 1 fully saturated rings. The van der Waals surface area contributed by atoms with E-state index in [4.69, 9.17) is 5.73 Å². The smallest absolute Gasteiger partial charge is 0.0564 e. The molecular formula is C12H19N3. The largest absolute Gasteiger partial charge is 0.399 e. The van der Waals surface area contributed by atoms with Crippen LogP contribution in [0.3, 0.4) is 0 Å². The summed E-state index contributed by atoms with van der Waals surface area (Å²) in [4.78, 5) is 6.82. The number of hydrogen-bond acceptors (Lipinski definition) is 3. The first-order valence-electron chi connectivity index (χ1n) is 5.77. The highest BCUT2D eigenvalue weighted by Crippen LogP contribution is 2.13. The fourth-order valence-electron chi connectivity index (χ4n) is 2.11. The Balaban J connectivity index is 1.95. The minimum absolute atomic E-state index is 0.815. The van der Waals surface area contributed by atoms with Gasteiger partial charge >= 0.3 is 0 Å². The second-order valence-electron chi connectivity index (χ2n) is 4.27. The first kappa shape index (κ1) is 10.4. The molecule has 3 nitrogen and oxygen atoms in total. The number of aromatic nitrogens is 1. The van der Waals surface area contributed by atoms with Gasteiger partial charge in [-0.25, -0.2) is 0 Å². The van der Waals surface area contributed by atoms with E-state index in [0.717, 1.165) is 17.9 Å². The maximum Gasteiger partial charge on any atom is 0.0564 e.